The summed E-state index contributed by atoms with van der Waals surface area (Å²) in [5.74, 6) is 1.36. The summed E-state index contributed by atoms with van der Waals surface area (Å²) >= 11 is 0. The molecule has 0 aromatic carbocycles. The lowest BCUT2D eigenvalue weighted by atomic mass is 9.78. The van der Waals surface area contributed by atoms with Crippen molar-refractivity contribution >= 4 is 5.82 Å². The van der Waals surface area contributed by atoms with Gasteiger partial charge >= 0.3 is 6.18 Å². The van der Waals surface area contributed by atoms with Crippen molar-refractivity contribution in [1.82, 2.24) is 4.98 Å². The lowest BCUT2D eigenvalue weighted by molar-refractivity contribution is -0.141. The molecular weight excluding hydrogens is 253 g/mol. The number of rotatable bonds is 2. The zero-order valence-electron chi connectivity index (χ0n) is 11.2. The molecule has 1 aromatic rings. The summed E-state index contributed by atoms with van der Waals surface area (Å²) in [7, 11) is 0. The lowest BCUT2D eigenvalue weighted by Gasteiger charge is -2.35. The van der Waals surface area contributed by atoms with Crippen LogP contribution in [0.2, 0.25) is 0 Å². The molecule has 0 amide bonds. The highest BCUT2D eigenvalue weighted by Crippen LogP contribution is 2.32. The van der Waals surface area contributed by atoms with E-state index in [0.717, 1.165) is 18.9 Å². The van der Waals surface area contributed by atoms with Gasteiger partial charge in [-0.1, -0.05) is 32.8 Å². The van der Waals surface area contributed by atoms with Gasteiger partial charge in [-0.2, -0.15) is 13.2 Å². The van der Waals surface area contributed by atoms with Crippen LogP contribution >= 0.6 is 0 Å². The number of aromatic nitrogens is 1. The van der Waals surface area contributed by atoms with Gasteiger partial charge in [-0.25, -0.2) is 4.98 Å². The molecule has 1 fully saturated rings. The third-order valence-electron chi connectivity index (χ3n) is 4.08. The minimum atomic E-state index is -4.39. The molecule has 2 rings (SSSR count). The first-order valence-corrected chi connectivity index (χ1v) is 6.68. The fourth-order valence-electron chi connectivity index (χ4n) is 2.65. The van der Waals surface area contributed by atoms with E-state index in [0.29, 0.717) is 17.7 Å². The maximum absolute atomic E-state index is 12.6. The smallest absolute Gasteiger partial charge is 0.367 e. The quantitative estimate of drug-likeness (QED) is 0.866. The SMILES string of the molecule is CC1CCCC(Nc2cccc(C(F)(F)F)n2)C1C. The first-order chi connectivity index (χ1) is 8.88. The Morgan fingerprint density at radius 3 is 2.63 bits per heavy atom. The number of halogens is 3. The van der Waals surface area contributed by atoms with Crippen LogP contribution < -0.4 is 5.32 Å². The molecule has 1 N–H and O–H groups in total. The Morgan fingerprint density at radius 1 is 1.21 bits per heavy atom. The summed E-state index contributed by atoms with van der Waals surface area (Å²) in [5, 5.41) is 3.16. The predicted octanol–water partition coefficient (Wildman–Crippen LogP) is 4.34. The molecule has 1 saturated carbocycles. The molecule has 0 aliphatic heterocycles. The Morgan fingerprint density at radius 2 is 1.95 bits per heavy atom. The normalized spacial score (nSPS) is 28.2. The van der Waals surface area contributed by atoms with E-state index < -0.39 is 11.9 Å². The van der Waals surface area contributed by atoms with Gasteiger partial charge in [0.25, 0.3) is 0 Å². The number of alkyl halides is 3. The summed E-state index contributed by atoms with van der Waals surface area (Å²) in [5.41, 5.74) is -0.839. The fourth-order valence-corrected chi connectivity index (χ4v) is 2.65. The van der Waals surface area contributed by atoms with Gasteiger partial charge in [-0.05, 0) is 30.4 Å². The molecule has 5 heteroatoms. The van der Waals surface area contributed by atoms with Crippen LogP contribution in [-0.2, 0) is 6.18 Å². The standard InChI is InChI=1S/C14H19F3N2/c1-9-5-3-6-11(10(9)2)18-13-8-4-7-12(19-13)14(15,16)17/h4,7-11H,3,5-6H2,1-2H3,(H,18,19). The second-order valence-electron chi connectivity index (χ2n) is 5.42. The monoisotopic (exact) mass is 272 g/mol. The largest absolute Gasteiger partial charge is 0.433 e. The molecule has 0 radical (unpaired) electrons. The molecule has 1 aliphatic rings. The van der Waals surface area contributed by atoms with Gasteiger partial charge in [0.15, 0.2) is 0 Å². The van der Waals surface area contributed by atoms with Crippen LogP contribution in [0.3, 0.4) is 0 Å². The molecule has 2 nitrogen and oxygen atoms in total. The Labute approximate surface area is 111 Å². The van der Waals surface area contributed by atoms with E-state index in [2.05, 4.69) is 24.1 Å². The van der Waals surface area contributed by atoms with Crippen molar-refractivity contribution < 1.29 is 13.2 Å². The van der Waals surface area contributed by atoms with Crippen LogP contribution in [0.25, 0.3) is 0 Å². The van der Waals surface area contributed by atoms with Gasteiger partial charge in [0.2, 0.25) is 0 Å². The molecule has 3 atom stereocenters. The Hall–Kier alpha value is -1.26. The van der Waals surface area contributed by atoms with Crippen molar-refractivity contribution in [2.45, 2.75) is 45.3 Å². The van der Waals surface area contributed by atoms with Gasteiger partial charge in [-0.15, -0.1) is 0 Å². The third-order valence-corrected chi connectivity index (χ3v) is 4.08. The highest BCUT2D eigenvalue weighted by atomic mass is 19.4. The van der Waals surface area contributed by atoms with Crippen molar-refractivity contribution in [1.29, 1.82) is 0 Å². The highest BCUT2D eigenvalue weighted by Gasteiger charge is 2.33. The molecule has 19 heavy (non-hydrogen) atoms. The Kier molecular flexibility index (Phi) is 4.02. The van der Waals surface area contributed by atoms with Crippen LogP contribution in [0.1, 0.15) is 38.8 Å². The molecule has 0 spiro atoms. The van der Waals surface area contributed by atoms with E-state index in [1.165, 1.54) is 12.5 Å². The van der Waals surface area contributed by atoms with Gasteiger partial charge < -0.3 is 5.32 Å². The average Bonchev–Trinajstić information content (AvgIpc) is 2.34. The zero-order chi connectivity index (χ0) is 14.0. The summed E-state index contributed by atoms with van der Waals surface area (Å²) in [6.07, 6.45) is -1.09. The molecule has 3 unspecified atom stereocenters. The van der Waals surface area contributed by atoms with Crippen molar-refractivity contribution in [2.75, 3.05) is 5.32 Å². The van der Waals surface area contributed by atoms with Crippen LogP contribution in [-0.4, -0.2) is 11.0 Å². The van der Waals surface area contributed by atoms with E-state index in [4.69, 9.17) is 0 Å². The second kappa shape index (κ2) is 5.39. The predicted molar refractivity (Wildman–Crippen MR) is 68.8 cm³/mol. The van der Waals surface area contributed by atoms with Crippen molar-refractivity contribution in [3.05, 3.63) is 23.9 Å². The molecule has 1 aliphatic carbocycles. The highest BCUT2D eigenvalue weighted by molar-refractivity contribution is 5.37. The fraction of sp³-hybridized carbons (Fsp3) is 0.643. The van der Waals surface area contributed by atoms with Crippen molar-refractivity contribution in [2.24, 2.45) is 11.8 Å². The van der Waals surface area contributed by atoms with Gasteiger partial charge in [0.1, 0.15) is 11.5 Å². The minimum absolute atomic E-state index is 0.208. The molecule has 0 saturated heterocycles. The van der Waals surface area contributed by atoms with E-state index in [1.807, 2.05) is 0 Å². The maximum atomic E-state index is 12.6. The van der Waals surface area contributed by atoms with E-state index in [-0.39, 0.29) is 6.04 Å². The van der Waals surface area contributed by atoms with Gasteiger partial charge in [-0.3, -0.25) is 0 Å². The number of anilines is 1. The Bertz CT molecular complexity index is 431. The summed E-state index contributed by atoms with van der Waals surface area (Å²) in [4.78, 5) is 3.66. The van der Waals surface area contributed by atoms with Crippen molar-refractivity contribution in [3.8, 4) is 0 Å². The zero-order valence-corrected chi connectivity index (χ0v) is 11.2. The molecule has 1 heterocycles. The molecule has 106 valence electrons. The van der Waals surface area contributed by atoms with Crippen LogP contribution in [0.5, 0.6) is 0 Å². The number of hydrogen-bond acceptors (Lipinski definition) is 2. The molecule has 0 bridgehead atoms. The number of hydrogen-bond donors (Lipinski definition) is 1. The number of nitrogens with zero attached hydrogens (tertiary/aromatic N) is 1. The van der Waals surface area contributed by atoms with E-state index >= 15 is 0 Å². The van der Waals surface area contributed by atoms with Gasteiger partial charge in [0.05, 0.1) is 0 Å². The van der Waals surface area contributed by atoms with Crippen LogP contribution in [0.4, 0.5) is 19.0 Å². The molecule has 1 aromatic heterocycles. The van der Waals surface area contributed by atoms with Crippen LogP contribution in [0.15, 0.2) is 18.2 Å². The first-order valence-electron chi connectivity index (χ1n) is 6.68. The number of pyridine rings is 1. The maximum Gasteiger partial charge on any atom is 0.433 e. The van der Waals surface area contributed by atoms with E-state index in [1.54, 1.807) is 6.07 Å². The first kappa shape index (κ1) is 14.2. The topological polar surface area (TPSA) is 24.9 Å². The van der Waals surface area contributed by atoms with Crippen molar-refractivity contribution in [3.63, 3.8) is 0 Å². The summed E-state index contributed by atoms with van der Waals surface area (Å²) < 4.78 is 37.8. The second-order valence-corrected chi connectivity index (χ2v) is 5.42. The third kappa shape index (κ3) is 3.39. The molecular formula is C14H19F3N2. The summed E-state index contributed by atoms with van der Waals surface area (Å²) in [6.45, 7) is 4.34. The van der Waals surface area contributed by atoms with Gasteiger partial charge in [0, 0.05) is 6.04 Å². The Balaban J connectivity index is 2.11. The number of nitrogens with one attached hydrogen (secondary N) is 1. The average molecular weight is 272 g/mol. The van der Waals surface area contributed by atoms with Crippen LogP contribution in [0, 0.1) is 11.8 Å². The summed E-state index contributed by atoms with van der Waals surface area (Å²) in [6, 6.07) is 4.20. The minimum Gasteiger partial charge on any atom is -0.367 e. The lowest BCUT2D eigenvalue weighted by Crippen LogP contribution is -2.35. The van der Waals surface area contributed by atoms with E-state index in [9.17, 15) is 13.2 Å².